The number of aliphatic hydroxyl groups excluding tert-OH is 15. The third kappa shape index (κ3) is 9.96. The summed E-state index contributed by atoms with van der Waals surface area (Å²) in [7, 11) is 0. The second kappa shape index (κ2) is 22.3. The Balaban J connectivity index is 0.989. The number of ether oxygens (including phenoxy) is 8. The van der Waals surface area contributed by atoms with E-state index in [9.17, 15) is 76.6 Å². The third-order valence-corrected chi connectivity index (χ3v) is 21.0. The van der Waals surface area contributed by atoms with Gasteiger partial charge in [-0.25, -0.2) is 0 Å². The Labute approximate surface area is 448 Å². The van der Waals surface area contributed by atoms with Crippen LogP contribution in [0.5, 0.6) is 0 Å². The fourth-order valence-corrected chi connectivity index (χ4v) is 15.9. The zero-order valence-corrected chi connectivity index (χ0v) is 45.0. The number of fused-ring (bicyclic) bond motifs is 6. The second-order valence-corrected chi connectivity index (χ2v) is 25.8. The van der Waals surface area contributed by atoms with Crippen molar-refractivity contribution in [2.24, 2.45) is 44.3 Å². The molecule has 0 amide bonds. The maximum Gasteiger partial charge on any atom is 0.187 e. The van der Waals surface area contributed by atoms with Crippen molar-refractivity contribution in [1.29, 1.82) is 0 Å². The molecule has 0 aromatic heterocycles. The lowest BCUT2D eigenvalue weighted by Gasteiger charge is -2.70. The van der Waals surface area contributed by atoms with Crippen LogP contribution in [0.2, 0.25) is 0 Å². The van der Waals surface area contributed by atoms with E-state index in [2.05, 4.69) is 46.8 Å². The van der Waals surface area contributed by atoms with Crippen LogP contribution in [0.15, 0.2) is 23.3 Å². The maximum absolute atomic E-state index is 12.2. The summed E-state index contributed by atoms with van der Waals surface area (Å²) >= 11 is 0. The minimum absolute atomic E-state index is 0.000487. The summed E-state index contributed by atoms with van der Waals surface area (Å²) in [6.45, 7) is 10.1. The average molecular weight is 1110 g/mol. The molecule has 15 N–H and O–H groups in total. The molecule has 4 saturated heterocycles. The Bertz CT molecular complexity index is 2110. The van der Waals surface area contributed by atoms with Crippen molar-refractivity contribution in [2.75, 3.05) is 39.6 Å². The molecule has 23 heteroatoms. The van der Waals surface area contributed by atoms with Gasteiger partial charge in [0.2, 0.25) is 0 Å². The Morgan fingerprint density at radius 1 is 0.571 bits per heavy atom. The molecule has 9 rings (SSSR count). The third-order valence-electron chi connectivity index (χ3n) is 21.0. The first kappa shape index (κ1) is 60.2. The van der Waals surface area contributed by atoms with Crippen LogP contribution in [0, 0.1) is 44.3 Å². The monoisotopic (exact) mass is 1100 g/mol. The Morgan fingerprint density at radius 2 is 1.14 bits per heavy atom. The highest BCUT2D eigenvalue weighted by Gasteiger charge is 2.69. The van der Waals surface area contributed by atoms with Gasteiger partial charge >= 0.3 is 0 Å². The maximum atomic E-state index is 12.2. The summed E-state index contributed by atoms with van der Waals surface area (Å²) in [6, 6.07) is 0. The molecule has 7 fully saturated rings. The second-order valence-electron chi connectivity index (χ2n) is 25.8. The summed E-state index contributed by atoms with van der Waals surface area (Å²) in [4.78, 5) is 0. The van der Waals surface area contributed by atoms with E-state index in [1.165, 1.54) is 5.57 Å². The van der Waals surface area contributed by atoms with Gasteiger partial charge in [-0.05, 0) is 85.0 Å². The van der Waals surface area contributed by atoms with E-state index in [1.807, 2.05) is 6.92 Å². The van der Waals surface area contributed by atoms with Crippen LogP contribution in [0.25, 0.3) is 0 Å². The van der Waals surface area contributed by atoms with E-state index in [0.717, 1.165) is 24.8 Å². The van der Waals surface area contributed by atoms with Gasteiger partial charge in [-0.15, -0.1) is 0 Å². The quantitative estimate of drug-likeness (QED) is 0.0789. The summed E-state index contributed by atoms with van der Waals surface area (Å²) in [6.07, 6.45) is -23.1. The average Bonchev–Trinajstić information content (AvgIpc) is 3.57. The minimum Gasteiger partial charge on any atom is -0.396 e. The molecule has 0 aromatic carbocycles. The van der Waals surface area contributed by atoms with Gasteiger partial charge in [0.05, 0.1) is 64.1 Å². The molecule has 0 bridgehead atoms. The molecule has 4 aliphatic heterocycles. The predicted octanol–water partition coefficient (Wildman–Crippen LogP) is -2.67. The number of hydrogen-bond acceptors (Lipinski definition) is 23. The van der Waals surface area contributed by atoms with Crippen LogP contribution in [0.3, 0.4) is 0 Å². The van der Waals surface area contributed by atoms with Gasteiger partial charge in [0, 0.05) is 22.7 Å². The van der Waals surface area contributed by atoms with Gasteiger partial charge < -0.3 is 114 Å². The normalized spacial score (nSPS) is 53.8. The number of rotatable bonds is 14. The number of hydrogen-bond donors (Lipinski definition) is 15. The van der Waals surface area contributed by atoms with Crippen LogP contribution < -0.4 is 0 Å². The summed E-state index contributed by atoms with van der Waals surface area (Å²) < 4.78 is 48.7. The van der Waals surface area contributed by atoms with Crippen LogP contribution in [0.4, 0.5) is 0 Å². The molecular weight excluding hydrogens is 1020 g/mol. The molecule has 5 aliphatic carbocycles. The number of allylic oxidation sites excluding steroid dienone is 3. The lowest BCUT2D eigenvalue weighted by atomic mass is 9.35. The molecule has 28 atom stereocenters. The molecule has 442 valence electrons. The Kier molecular flexibility index (Phi) is 17.4. The number of aliphatic hydroxyl groups is 15. The molecule has 0 radical (unpaired) electrons. The van der Waals surface area contributed by atoms with Gasteiger partial charge in [0.25, 0.3) is 0 Å². The van der Waals surface area contributed by atoms with Crippen molar-refractivity contribution in [1.82, 2.24) is 0 Å². The van der Waals surface area contributed by atoms with Gasteiger partial charge in [-0.1, -0.05) is 59.3 Å². The van der Waals surface area contributed by atoms with Crippen molar-refractivity contribution in [2.45, 2.75) is 228 Å². The fraction of sp³-hybridized carbons (Fsp3) is 0.926. The topological polar surface area (TPSA) is 377 Å². The lowest BCUT2D eigenvalue weighted by Crippen LogP contribution is -2.66. The molecule has 3 saturated carbocycles. The van der Waals surface area contributed by atoms with Crippen molar-refractivity contribution in [3.05, 3.63) is 23.3 Å². The van der Waals surface area contributed by atoms with E-state index < -0.39 is 177 Å². The Morgan fingerprint density at radius 3 is 1.71 bits per heavy atom. The molecule has 23 nitrogen and oxygen atoms in total. The van der Waals surface area contributed by atoms with Crippen molar-refractivity contribution in [3.63, 3.8) is 0 Å². The molecule has 0 aromatic rings. The van der Waals surface area contributed by atoms with Crippen LogP contribution in [-0.2, 0) is 37.9 Å². The van der Waals surface area contributed by atoms with Crippen LogP contribution >= 0.6 is 0 Å². The first-order valence-corrected chi connectivity index (χ1v) is 27.7. The summed E-state index contributed by atoms with van der Waals surface area (Å²) in [5, 5.41) is 163. The van der Waals surface area contributed by atoms with Gasteiger partial charge in [0.15, 0.2) is 25.2 Å². The molecule has 4 heterocycles. The van der Waals surface area contributed by atoms with Crippen LogP contribution in [0.1, 0.15) is 99.3 Å². The zero-order chi connectivity index (χ0) is 56.1. The molecular formula is C54H88O23. The Hall–Kier alpha value is -1.44. The molecule has 77 heavy (non-hydrogen) atoms. The first-order valence-electron chi connectivity index (χ1n) is 27.7. The van der Waals surface area contributed by atoms with Crippen molar-refractivity contribution < 1.29 is 114 Å². The van der Waals surface area contributed by atoms with Gasteiger partial charge in [0.1, 0.15) is 79.4 Å². The highest BCUT2D eigenvalue weighted by molar-refractivity contribution is 5.47. The van der Waals surface area contributed by atoms with Gasteiger partial charge in [-0.3, -0.25) is 0 Å². The summed E-state index contributed by atoms with van der Waals surface area (Å²) in [5.41, 5.74) is -0.442. The van der Waals surface area contributed by atoms with Gasteiger partial charge in [-0.2, -0.15) is 0 Å². The zero-order valence-electron chi connectivity index (χ0n) is 45.0. The van der Waals surface area contributed by atoms with E-state index >= 15 is 0 Å². The van der Waals surface area contributed by atoms with Crippen molar-refractivity contribution in [3.8, 4) is 0 Å². The lowest BCUT2D eigenvalue weighted by molar-refractivity contribution is -0.380. The van der Waals surface area contributed by atoms with E-state index in [4.69, 9.17) is 37.9 Å². The molecule has 9 aliphatic rings. The highest BCUT2D eigenvalue weighted by Crippen LogP contribution is 2.74. The first-order chi connectivity index (χ1) is 36.2. The fourth-order valence-electron chi connectivity index (χ4n) is 15.9. The standard InChI is InChI=1S/C54H88O23/c1-49(2)13-14-54(23-59)26(16-49)25-7-8-32-50(3)11-10-34(51(4,22-58)31(50)9-12-52(32,5)53(25,6)17-33(54)61)75-48-43(76-45-41(68)38(65)35(62)28(18-55)72-45)27(60)15-24(71-48)21-70-47-44(40(67)37(64)30(20-57)74-47)77-46-42(69)39(66)36(63)29(19-56)73-46/h7-8,24,27-48,55-69H,9-23H2,1-6H3. The molecule has 28 unspecified atom stereocenters. The predicted molar refractivity (Wildman–Crippen MR) is 264 cm³/mol. The van der Waals surface area contributed by atoms with E-state index in [-0.39, 0.29) is 42.3 Å². The van der Waals surface area contributed by atoms with Crippen molar-refractivity contribution >= 4 is 0 Å². The largest absolute Gasteiger partial charge is 0.396 e. The molecule has 0 spiro atoms. The minimum atomic E-state index is -1.92. The van der Waals surface area contributed by atoms with E-state index in [1.54, 1.807) is 0 Å². The highest BCUT2D eigenvalue weighted by atomic mass is 16.8. The van der Waals surface area contributed by atoms with Crippen LogP contribution in [-0.4, -0.2) is 245 Å². The SMILES string of the molecule is CC1(C)CCC2(CO)C(=C3C=CC4C5(C)CCC(OC6OC(COC7OC(CO)C(O)C(O)C7OC7OC(CO)C(O)C(O)C7O)CC(O)C6OC6OC(CO)C(O)C(O)C6O)C(C)(CO)C5CCC4(C)C3(C)CC2O)C1. The van der Waals surface area contributed by atoms with E-state index in [0.29, 0.717) is 32.1 Å². The smallest absolute Gasteiger partial charge is 0.187 e. The summed E-state index contributed by atoms with van der Waals surface area (Å²) in [5.74, 6) is -0.154.